The van der Waals surface area contributed by atoms with Crippen LogP contribution in [0, 0.1) is 0 Å². The van der Waals surface area contributed by atoms with Gasteiger partial charge in [0.15, 0.2) is 16.6 Å². The van der Waals surface area contributed by atoms with Gasteiger partial charge in [0, 0.05) is 23.2 Å². The van der Waals surface area contributed by atoms with Crippen molar-refractivity contribution in [2.75, 3.05) is 26.1 Å². The Hall–Kier alpha value is -2.22. The van der Waals surface area contributed by atoms with Gasteiger partial charge in [-0.3, -0.25) is 4.79 Å². The number of hydrogen-bond acceptors (Lipinski definition) is 5. The molecule has 2 N–H and O–H groups in total. The van der Waals surface area contributed by atoms with Gasteiger partial charge < -0.3 is 24.8 Å². The van der Waals surface area contributed by atoms with Crippen LogP contribution in [0.1, 0.15) is 12.8 Å². The molecule has 0 aromatic heterocycles. The lowest BCUT2D eigenvalue weighted by molar-refractivity contribution is -0.119. The molecule has 0 aliphatic heterocycles. The molecule has 0 unspecified atom stereocenters. The van der Waals surface area contributed by atoms with E-state index < -0.39 is 0 Å². The lowest BCUT2D eigenvalue weighted by Crippen LogP contribution is -2.34. The number of thiocarbonyl (C=S) groups is 1. The molecule has 150 valence electrons. The number of hydrogen-bond donors (Lipinski definition) is 2. The van der Waals surface area contributed by atoms with Gasteiger partial charge in [-0.2, -0.15) is 0 Å². The van der Waals surface area contributed by atoms with Crippen LogP contribution in [0.4, 0.5) is 5.69 Å². The number of ether oxygens (including phenoxy) is 3. The van der Waals surface area contributed by atoms with E-state index in [0.717, 1.165) is 0 Å². The Kier molecular flexibility index (Phi) is 8.63. The number of carbonyl (C=O) groups excluding carboxylic acids is 1. The van der Waals surface area contributed by atoms with Gasteiger partial charge in [0.2, 0.25) is 5.91 Å². The second-order valence-electron chi connectivity index (χ2n) is 5.60. The van der Waals surface area contributed by atoms with Gasteiger partial charge in [0.25, 0.3) is 0 Å². The van der Waals surface area contributed by atoms with E-state index in [4.69, 9.17) is 49.6 Å². The van der Waals surface area contributed by atoms with E-state index in [1.54, 1.807) is 50.6 Å². The normalized spacial score (nSPS) is 10.1. The molecule has 0 heterocycles. The Morgan fingerprint density at radius 3 is 2.43 bits per heavy atom. The molecule has 28 heavy (non-hydrogen) atoms. The van der Waals surface area contributed by atoms with Gasteiger partial charge in [0.05, 0.1) is 25.8 Å². The zero-order valence-electron chi connectivity index (χ0n) is 15.4. The van der Waals surface area contributed by atoms with E-state index in [9.17, 15) is 4.79 Å². The van der Waals surface area contributed by atoms with E-state index in [0.29, 0.717) is 46.0 Å². The van der Waals surface area contributed by atoms with E-state index in [1.807, 2.05) is 0 Å². The van der Waals surface area contributed by atoms with E-state index >= 15 is 0 Å². The van der Waals surface area contributed by atoms with Crippen LogP contribution in [-0.4, -0.2) is 31.8 Å². The first-order valence-electron chi connectivity index (χ1n) is 8.33. The molecule has 2 aromatic rings. The molecular formula is C19H20Cl2N2O4S. The third-order valence-corrected chi connectivity index (χ3v) is 4.33. The summed E-state index contributed by atoms with van der Waals surface area (Å²) in [5.74, 6) is 1.46. The van der Waals surface area contributed by atoms with Gasteiger partial charge in [-0.1, -0.05) is 23.2 Å². The monoisotopic (exact) mass is 442 g/mol. The highest BCUT2D eigenvalue weighted by molar-refractivity contribution is 7.80. The van der Waals surface area contributed by atoms with Crippen LogP contribution < -0.4 is 24.8 Å². The minimum Gasteiger partial charge on any atom is -0.493 e. The van der Waals surface area contributed by atoms with Crippen molar-refractivity contribution in [1.82, 2.24) is 5.32 Å². The summed E-state index contributed by atoms with van der Waals surface area (Å²) in [4.78, 5) is 12.0. The lowest BCUT2D eigenvalue weighted by Gasteiger charge is -2.13. The topological polar surface area (TPSA) is 68.8 Å². The van der Waals surface area contributed by atoms with Gasteiger partial charge in [-0.15, -0.1) is 0 Å². The molecule has 0 bridgehead atoms. The zero-order valence-corrected chi connectivity index (χ0v) is 17.7. The summed E-state index contributed by atoms with van der Waals surface area (Å²) < 4.78 is 16.0. The minimum absolute atomic E-state index is 0.193. The number of nitrogens with one attached hydrogen (secondary N) is 2. The number of amides is 1. The number of halogens is 2. The summed E-state index contributed by atoms with van der Waals surface area (Å²) in [5.41, 5.74) is 0.670. The fourth-order valence-corrected chi connectivity index (χ4v) is 2.97. The van der Waals surface area contributed by atoms with E-state index in [2.05, 4.69) is 10.6 Å². The molecule has 0 atom stereocenters. The predicted molar refractivity (Wildman–Crippen MR) is 115 cm³/mol. The standard InChI is InChI=1S/C19H20Cl2N2O4S/c1-25-16-8-6-13(11-17(16)26-2)22-19(28)23-18(24)4-3-9-27-15-7-5-12(20)10-14(15)21/h5-8,10-11H,3-4,9H2,1-2H3,(H2,22,23,24,28). The number of benzene rings is 2. The molecule has 2 rings (SSSR count). The van der Waals surface area contributed by atoms with Crippen molar-refractivity contribution in [3.63, 3.8) is 0 Å². The zero-order chi connectivity index (χ0) is 20.5. The largest absolute Gasteiger partial charge is 0.493 e. The summed E-state index contributed by atoms with van der Waals surface area (Å²) in [7, 11) is 3.10. The van der Waals surface area contributed by atoms with Crippen molar-refractivity contribution in [1.29, 1.82) is 0 Å². The fraction of sp³-hybridized carbons (Fsp3) is 0.263. The first kappa shape index (κ1) is 22.1. The summed E-state index contributed by atoms with van der Waals surface area (Å²) in [6, 6.07) is 10.2. The average molecular weight is 443 g/mol. The lowest BCUT2D eigenvalue weighted by atomic mass is 10.2. The minimum atomic E-state index is -0.219. The maximum atomic E-state index is 12.0. The van der Waals surface area contributed by atoms with Gasteiger partial charge in [-0.05, 0) is 49.0 Å². The molecule has 0 spiro atoms. The Bertz CT molecular complexity index is 849. The Balaban J connectivity index is 1.74. The highest BCUT2D eigenvalue weighted by atomic mass is 35.5. The smallest absolute Gasteiger partial charge is 0.226 e. The number of carbonyl (C=O) groups is 1. The van der Waals surface area contributed by atoms with Crippen molar-refractivity contribution in [2.45, 2.75) is 12.8 Å². The molecule has 1 amide bonds. The van der Waals surface area contributed by atoms with E-state index in [1.165, 1.54) is 0 Å². The summed E-state index contributed by atoms with van der Waals surface area (Å²) in [5, 5.41) is 6.71. The highest BCUT2D eigenvalue weighted by Gasteiger charge is 2.09. The molecule has 0 saturated carbocycles. The van der Waals surface area contributed by atoms with Crippen LogP contribution in [0.3, 0.4) is 0 Å². The third-order valence-electron chi connectivity index (χ3n) is 3.59. The summed E-state index contributed by atoms with van der Waals surface area (Å²) >= 11 is 17.0. The molecule has 0 aliphatic rings. The van der Waals surface area contributed by atoms with Crippen molar-refractivity contribution in [3.05, 3.63) is 46.4 Å². The fourth-order valence-electron chi connectivity index (χ4n) is 2.27. The quantitative estimate of drug-likeness (QED) is 0.456. The second kappa shape index (κ2) is 10.9. The maximum absolute atomic E-state index is 12.0. The number of anilines is 1. The highest BCUT2D eigenvalue weighted by Crippen LogP contribution is 2.30. The van der Waals surface area contributed by atoms with Crippen LogP contribution in [-0.2, 0) is 4.79 Å². The predicted octanol–water partition coefficient (Wildman–Crippen LogP) is 4.68. The van der Waals surface area contributed by atoms with Crippen LogP contribution in [0.15, 0.2) is 36.4 Å². The summed E-state index contributed by atoms with van der Waals surface area (Å²) in [6.45, 7) is 0.338. The van der Waals surface area contributed by atoms with Crippen molar-refractivity contribution in [3.8, 4) is 17.2 Å². The molecule has 0 aliphatic carbocycles. The molecule has 0 saturated heterocycles. The van der Waals surface area contributed by atoms with Crippen LogP contribution >= 0.6 is 35.4 Å². The van der Waals surface area contributed by atoms with Crippen molar-refractivity contribution < 1.29 is 19.0 Å². The van der Waals surface area contributed by atoms with Crippen LogP contribution in [0.2, 0.25) is 10.0 Å². The summed E-state index contributed by atoms with van der Waals surface area (Å²) in [6.07, 6.45) is 0.753. The Morgan fingerprint density at radius 1 is 1.04 bits per heavy atom. The van der Waals surface area contributed by atoms with Crippen LogP contribution in [0.5, 0.6) is 17.2 Å². The number of rotatable bonds is 8. The van der Waals surface area contributed by atoms with Crippen LogP contribution in [0.25, 0.3) is 0 Å². The maximum Gasteiger partial charge on any atom is 0.226 e. The molecule has 2 aromatic carbocycles. The SMILES string of the molecule is COc1ccc(NC(=S)NC(=O)CCCOc2ccc(Cl)cc2Cl)cc1OC. The Labute approximate surface area is 179 Å². The van der Waals surface area contributed by atoms with Gasteiger partial charge in [0.1, 0.15) is 5.75 Å². The molecule has 9 heteroatoms. The first-order valence-corrected chi connectivity index (χ1v) is 9.50. The van der Waals surface area contributed by atoms with Gasteiger partial charge in [-0.25, -0.2) is 0 Å². The molecular weight excluding hydrogens is 423 g/mol. The first-order chi connectivity index (χ1) is 13.4. The van der Waals surface area contributed by atoms with Gasteiger partial charge >= 0.3 is 0 Å². The molecule has 0 fully saturated rings. The average Bonchev–Trinajstić information content (AvgIpc) is 2.66. The third kappa shape index (κ3) is 6.74. The Morgan fingerprint density at radius 2 is 1.75 bits per heavy atom. The number of methoxy groups -OCH3 is 2. The van der Waals surface area contributed by atoms with Crippen molar-refractivity contribution in [2.24, 2.45) is 0 Å². The molecule has 6 nitrogen and oxygen atoms in total. The van der Waals surface area contributed by atoms with Crippen molar-refractivity contribution >= 4 is 52.1 Å². The second-order valence-corrected chi connectivity index (χ2v) is 6.85. The van der Waals surface area contributed by atoms with E-state index in [-0.39, 0.29) is 17.4 Å². The molecule has 0 radical (unpaired) electrons.